The number of carbonyl (C=O) groups is 1. The summed E-state index contributed by atoms with van der Waals surface area (Å²) in [6.45, 7) is 10.1. The Balaban J connectivity index is 2.08. The van der Waals surface area contributed by atoms with Gasteiger partial charge in [-0.15, -0.1) is 0 Å². The van der Waals surface area contributed by atoms with E-state index in [0.717, 1.165) is 12.8 Å². The number of esters is 1. The predicted octanol–water partition coefficient (Wildman–Crippen LogP) is 3.12. The molecule has 1 heterocycles. The van der Waals surface area contributed by atoms with E-state index in [1.54, 1.807) is 13.8 Å². The summed E-state index contributed by atoms with van der Waals surface area (Å²) < 4.78 is 11.5. The van der Waals surface area contributed by atoms with Crippen molar-refractivity contribution in [3.8, 4) is 0 Å². The molecule has 0 aromatic rings. The quantitative estimate of drug-likeness (QED) is 0.810. The lowest BCUT2D eigenvalue weighted by atomic mass is 9.75. The largest absolute Gasteiger partial charge is 0.435 e. The smallest absolute Gasteiger partial charge is 0.308 e. The molecule has 2 rings (SSSR count). The van der Waals surface area contributed by atoms with E-state index in [2.05, 4.69) is 20.8 Å². The Labute approximate surface area is 128 Å². The Bertz CT molecular complexity index is 371. The number of carbonyl (C=O) groups excluding carboxylic acids is 1. The highest BCUT2D eigenvalue weighted by atomic mass is 16.7. The highest BCUT2D eigenvalue weighted by Crippen LogP contribution is 2.39. The maximum Gasteiger partial charge on any atom is 0.308 e. The van der Waals surface area contributed by atoms with E-state index < -0.39 is 11.9 Å². The first kappa shape index (κ1) is 16.8. The van der Waals surface area contributed by atoms with Gasteiger partial charge < -0.3 is 14.6 Å². The third kappa shape index (κ3) is 3.98. The van der Waals surface area contributed by atoms with Crippen LogP contribution < -0.4 is 0 Å². The van der Waals surface area contributed by atoms with Crippen LogP contribution in [0.1, 0.15) is 60.3 Å². The monoisotopic (exact) mass is 298 g/mol. The standard InChI is InChI=1S/C17H30O4/c1-10(2)12-7-6-11(3)8-14(12)20-16-13(17(4,5)19)9-15(18)21-16/h10-14,16,19H,6-9H2,1-5H3/t11-,12+,13-,14-,16-/m1/s1. The molecule has 4 heteroatoms. The molecule has 0 amide bonds. The molecule has 1 saturated carbocycles. The minimum absolute atomic E-state index is 0.120. The first-order chi connectivity index (χ1) is 9.68. The van der Waals surface area contributed by atoms with E-state index in [0.29, 0.717) is 17.8 Å². The molecule has 0 unspecified atom stereocenters. The number of cyclic esters (lactones) is 1. The molecule has 122 valence electrons. The van der Waals surface area contributed by atoms with E-state index in [9.17, 15) is 9.90 Å². The molecule has 0 aromatic carbocycles. The number of hydrogen-bond donors (Lipinski definition) is 1. The molecule has 0 aromatic heterocycles. The van der Waals surface area contributed by atoms with E-state index in [4.69, 9.17) is 9.47 Å². The average Bonchev–Trinajstić information content (AvgIpc) is 2.69. The van der Waals surface area contributed by atoms with Gasteiger partial charge in [0, 0.05) is 0 Å². The SMILES string of the molecule is CC(C)[C@@H]1CC[C@@H](C)C[C@H]1O[C@@H]1OC(=O)C[C@H]1C(C)(C)O. The van der Waals surface area contributed by atoms with Gasteiger partial charge in [0.15, 0.2) is 0 Å². The minimum Gasteiger partial charge on any atom is -0.435 e. The normalized spacial score (nSPS) is 37.9. The Morgan fingerprint density at radius 3 is 2.57 bits per heavy atom. The summed E-state index contributed by atoms with van der Waals surface area (Å²) in [4.78, 5) is 11.6. The van der Waals surface area contributed by atoms with Gasteiger partial charge in [-0.25, -0.2) is 0 Å². The summed E-state index contributed by atoms with van der Waals surface area (Å²) in [5.41, 5.74) is -0.968. The zero-order valence-electron chi connectivity index (χ0n) is 14.0. The van der Waals surface area contributed by atoms with Crippen molar-refractivity contribution in [1.29, 1.82) is 0 Å². The molecule has 1 saturated heterocycles. The molecule has 1 aliphatic carbocycles. The minimum atomic E-state index is -0.968. The van der Waals surface area contributed by atoms with Crippen LogP contribution in [0.5, 0.6) is 0 Å². The van der Waals surface area contributed by atoms with Gasteiger partial charge in [-0.3, -0.25) is 4.79 Å². The summed E-state index contributed by atoms with van der Waals surface area (Å²) in [5.74, 6) is 1.15. The summed E-state index contributed by atoms with van der Waals surface area (Å²) in [6, 6.07) is 0. The molecule has 1 aliphatic heterocycles. The van der Waals surface area contributed by atoms with Crippen molar-refractivity contribution < 1.29 is 19.4 Å². The summed E-state index contributed by atoms with van der Waals surface area (Å²) >= 11 is 0. The predicted molar refractivity (Wildman–Crippen MR) is 80.5 cm³/mol. The van der Waals surface area contributed by atoms with E-state index in [1.165, 1.54) is 6.42 Å². The van der Waals surface area contributed by atoms with Crippen LogP contribution in [-0.4, -0.2) is 29.1 Å². The van der Waals surface area contributed by atoms with Crippen LogP contribution in [0.2, 0.25) is 0 Å². The average molecular weight is 298 g/mol. The van der Waals surface area contributed by atoms with Crippen molar-refractivity contribution in [2.75, 3.05) is 0 Å². The van der Waals surface area contributed by atoms with E-state index >= 15 is 0 Å². The molecule has 4 nitrogen and oxygen atoms in total. The maximum absolute atomic E-state index is 11.6. The van der Waals surface area contributed by atoms with Gasteiger partial charge in [0.2, 0.25) is 6.29 Å². The molecular weight excluding hydrogens is 268 g/mol. The first-order valence-corrected chi connectivity index (χ1v) is 8.25. The van der Waals surface area contributed by atoms with Crippen molar-refractivity contribution >= 4 is 5.97 Å². The fourth-order valence-electron chi connectivity index (χ4n) is 3.68. The Kier molecular flexibility index (Phi) is 4.99. The van der Waals surface area contributed by atoms with Gasteiger partial charge in [-0.2, -0.15) is 0 Å². The zero-order valence-corrected chi connectivity index (χ0v) is 14.0. The van der Waals surface area contributed by atoms with Crippen molar-refractivity contribution in [3.63, 3.8) is 0 Å². The molecule has 5 atom stereocenters. The van der Waals surface area contributed by atoms with Crippen LogP contribution in [0, 0.1) is 23.7 Å². The Morgan fingerprint density at radius 1 is 1.33 bits per heavy atom. The zero-order chi connectivity index (χ0) is 15.8. The Morgan fingerprint density at radius 2 is 2.00 bits per heavy atom. The lowest BCUT2D eigenvalue weighted by molar-refractivity contribution is -0.210. The maximum atomic E-state index is 11.6. The number of hydrogen-bond acceptors (Lipinski definition) is 4. The van der Waals surface area contributed by atoms with Crippen LogP contribution in [-0.2, 0) is 14.3 Å². The van der Waals surface area contributed by atoms with Crippen molar-refractivity contribution in [2.45, 2.75) is 78.3 Å². The number of aliphatic hydroxyl groups is 1. The van der Waals surface area contributed by atoms with Gasteiger partial charge >= 0.3 is 5.97 Å². The third-order valence-electron chi connectivity index (χ3n) is 5.14. The third-order valence-corrected chi connectivity index (χ3v) is 5.14. The van der Waals surface area contributed by atoms with Gasteiger partial charge in [0.05, 0.1) is 24.0 Å². The molecule has 0 radical (unpaired) electrons. The van der Waals surface area contributed by atoms with Gasteiger partial charge in [0.25, 0.3) is 0 Å². The number of rotatable bonds is 4. The second-order valence-electron chi connectivity index (χ2n) is 7.82. The summed E-state index contributed by atoms with van der Waals surface area (Å²) in [6.07, 6.45) is 3.17. The fourth-order valence-corrected chi connectivity index (χ4v) is 3.68. The lowest BCUT2D eigenvalue weighted by Crippen LogP contribution is -2.43. The van der Waals surface area contributed by atoms with Crippen LogP contribution in [0.3, 0.4) is 0 Å². The van der Waals surface area contributed by atoms with Gasteiger partial charge in [-0.1, -0.05) is 27.2 Å². The van der Waals surface area contributed by atoms with Crippen molar-refractivity contribution in [2.24, 2.45) is 23.7 Å². The van der Waals surface area contributed by atoms with Crippen LogP contribution >= 0.6 is 0 Å². The Hall–Kier alpha value is -0.610. The van der Waals surface area contributed by atoms with Gasteiger partial charge in [-0.05, 0) is 44.4 Å². The lowest BCUT2D eigenvalue weighted by Gasteiger charge is -2.39. The summed E-state index contributed by atoms with van der Waals surface area (Å²) in [7, 11) is 0. The fraction of sp³-hybridized carbons (Fsp3) is 0.941. The molecule has 0 bridgehead atoms. The van der Waals surface area contributed by atoms with Crippen LogP contribution in [0.25, 0.3) is 0 Å². The molecule has 0 spiro atoms. The summed E-state index contributed by atoms with van der Waals surface area (Å²) in [5, 5.41) is 10.2. The highest BCUT2D eigenvalue weighted by molar-refractivity contribution is 5.72. The van der Waals surface area contributed by atoms with Crippen LogP contribution in [0.15, 0.2) is 0 Å². The van der Waals surface area contributed by atoms with E-state index in [1.807, 2.05) is 0 Å². The van der Waals surface area contributed by atoms with E-state index in [-0.39, 0.29) is 24.4 Å². The van der Waals surface area contributed by atoms with Crippen molar-refractivity contribution in [3.05, 3.63) is 0 Å². The number of ether oxygens (including phenoxy) is 2. The molecule has 21 heavy (non-hydrogen) atoms. The molecule has 2 aliphatic rings. The second kappa shape index (κ2) is 6.25. The second-order valence-corrected chi connectivity index (χ2v) is 7.82. The topological polar surface area (TPSA) is 55.8 Å². The molecule has 1 N–H and O–H groups in total. The highest BCUT2D eigenvalue weighted by Gasteiger charge is 2.46. The molecule has 2 fully saturated rings. The van der Waals surface area contributed by atoms with Crippen LogP contribution in [0.4, 0.5) is 0 Å². The molecular formula is C17H30O4. The van der Waals surface area contributed by atoms with Gasteiger partial charge in [0.1, 0.15) is 0 Å². The first-order valence-electron chi connectivity index (χ1n) is 8.25. The van der Waals surface area contributed by atoms with Crippen molar-refractivity contribution in [1.82, 2.24) is 0 Å².